The van der Waals surface area contributed by atoms with E-state index in [9.17, 15) is 10.0 Å². The zero-order chi connectivity index (χ0) is 14.1. The highest BCUT2D eigenvalue weighted by Gasteiger charge is 2.15. The van der Waals surface area contributed by atoms with Gasteiger partial charge in [-0.2, -0.15) is 0 Å². The van der Waals surface area contributed by atoms with E-state index < -0.39 is 7.12 Å². The summed E-state index contributed by atoms with van der Waals surface area (Å²) in [6, 6.07) is 7.27. The smallest absolute Gasteiger partial charge is 0.423 e. The molecule has 1 rings (SSSR count). The largest absolute Gasteiger partial charge is 0.488 e. The van der Waals surface area contributed by atoms with Crippen molar-refractivity contribution in [2.75, 3.05) is 0 Å². The molecule has 0 heterocycles. The molecule has 0 bridgehead atoms. The lowest BCUT2D eigenvalue weighted by molar-refractivity contribution is 0.0462. The van der Waals surface area contributed by atoms with Gasteiger partial charge in [0.2, 0.25) is 0 Å². The number of rotatable bonds is 9. The van der Waals surface area contributed by atoms with Gasteiger partial charge in [0.05, 0.1) is 12.7 Å². The lowest BCUT2D eigenvalue weighted by atomic mass is 9.77. The van der Waals surface area contributed by atoms with Gasteiger partial charge in [0.25, 0.3) is 0 Å². The molecule has 1 unspecified atom stereocenters. The average Bonchev–Trinajstić information content (AvgIpc) is 2.41. The summed E-state index contributed by atoms with van der Waals surface area (Å²) in [5.74, 6) is 0. The molecule has 1 aromatic carbocycles. The van der Waals surface area contributed by atoms with Crippen molar-refractivity contribution in [1.29, 1.82) is 0 Å². The molecule has 0 saturated heterocycles. The Morgan fingerprint density at radius 3 is 2.58 bits per heavy atom. The molecule has 106 valence electrons. The van der Waals surface area contributed by atoms with Crippen LogP contribution in [0.2, 0.25) is 0 Å². The second-order valence-electron chi connectivity index (χ2n) is 5.04. The molecule has 19 heavy (non-hydrogen) atoms. The van der Waals surface area contributed by atoms with E-state index in [1.807, 2.05) is 12.1 Å². The van der Waals surface area contributed by atoms with E-state index >= 15 is 0 Å². The van der Waals surface area contributed by atoms with E-state index in [0.717, 1.165) is 12.0 Å². The molecule has 0 amide bonds. The number of hydrogen-bond acceptors (Lipinski definition) is 3. The molecule has 1 aromatic rings. The Labute approximate surface area is 116 Å². The molecule has 1 atom stereocenters. The van der Waals surface area contributed by atoms with Gasteiger partial charge >= 0.3 is 7.12 Å². The third-order valence-corrected chi connectivity index (χ3v) is 3.32. The molecule has 0 saturated carbocycles. The maximum Gasteiger partial charge on any atom is 0.488 e. The molecule has 0 radical (unpaired) electrons. The lowest BCUT2D eigenvalue weighted by Gasteiger charge is -2.15. The Bertz CT molecular complexity index is 355. The minimum atomic E-state index is -1.43. The topological polar surface area (TPSA) is 49.7 Å². The normalized spacial score (nSPS) is 12.4. The van der Waals surface area contributed by atoms with Crippen LogP contribution >= 0.6 is 0 Å². The van der Waals surface area contributed by atoms with Crippen LogP contribution < -0.4 is 5.46 Å². The Morgan fingerprint density at radius 2 is 1.89 bits per heavy atom. The quantitative estimate of drug-likeness (QED) is 0.531. The predicted octanol–water partition coefficient (Wildman–Crippen LogP) is 2.24. The second-order valence-corrected chi connectivity index (χ2v) is 5.04. The van der Waals surface area contributed by atoms with E-state index in [2.05, 4.69) is 13.8 Å². The number of hydrogen-bond donors (Lipinski definition) is 2. The van der Waals surface area contributed by atoms with Crippen LogP contribution in [0.15, 0.2) is 24.3 Å². The molecular weight excluding hydrogens is 239 g/mol. The summed E-state index contributed by atoms with van der Waals surface area (Å²) in [5.41, 5.74) is 1.37. The van der Waals surface area contributed by atoms with Gasteiger partial charge in [-0.05, 0) is 24.4 Å². The molecule has 0 fully saturated rings. The molecule has 0 aliphatic rings. The average molecular weight is 264 g/mol. The fraction of sp³-hybridized carbons (Fsp3) is 0.600. The summed E-state index contributed by atoms with van der Waals surface area (Å²) in [6.45, 7) is 4.71. The van der Waals surface area contributed by atoms with Crippen LogP contribution in [0.1, 0.15) is 51.5 Å². The Hall–Kier alpha value is -0.835. The summed E-state index contributed by atoms with van der Waals surface area (Å²) < 4.78 is 5.78. The summed E-state index contributed by atoms with van der Waals surface area (Å²) in [7, 11) is -1.43. The van der Waals surface area contributed by atoms with Crippen LogP contribution in [0.4, 0.5) is 0 Å². The first kappa shape index (κ1) is 16.2. The molecular formula is C15H25BO3. The van der Waals surface area contributed by atoms with Crippen molar-refractivity contribution in [3.63, 3.8) is 0 Å². The number of benzene rings is 1. The fourth-order valence-corrected chi connectivity index (χ4v) is 2.09. The van der Waals surface area contributed by atoms with E-state index in [1.54, 1.807) is 12.1 Å². The Kier molecular flexibility index (Phi) is 7.79. The van der Waals surface area contributed by atoms with Crippen LogP contribution in [-0.4, -0.2) is 23.3 Å². The second kappa shape index (κ2) is 9.13. The first-order chi connectivity index (χ1) is 9.15. The molecule has 0 aliphatic heterocycles. The summed E-state index contributed by atoms with van der Waals surface area (Å²) in [6.07, 6.45) is 6.25. The molecule has 0 spiro atoms. The van der Waals surface area contributed by atoms with Crippen LogP contribution in [-0.2, 0) is 11.3 Å². The van der Waals surface area contributed by atoms with Crippen LogP contribution in [0.3, 0.4) is 0 Å². The van der Waals surface area contributed by atoms with Gasteiger partial charge in [-0.3, -0.25) is 0 Å². The zero-order valence-electron chi connectivity index (χ0n) is 12.0. The van der Waals surface area contributed by atoms with Gasteiger partial charge in [-0.15, -0.1) is 0 Å². The SMILES string of the molecule is CCCCCCC(C)OCc1ccccc1B(O)O. The van der Waals surface area contributed by atoms with Gasteiger partial charge in [0.1, 0.15) is 0 Å². The highest BCUT2D eigenvalue weighted by Crippen LogP contribution is 2.10. The van der Waals surface area contributed by atoms with Gasteiger partial charge in [-0.25, -0.2) is 0 Å². The number of ether oxygens (including phenoxy) is 1. The monoisotopic (exact) mass is 264 g/mol. The molecule has 3 nitrogen and oxygen atoms in total. The zero-order valence-corrected chi connectivity index (χ0v) is 12.0. The first-order valence-electron chi connectivity index (χ1n) is 7.20. The van der Waals surface area contributed by atoms with Crippen LogP contribution in [0.5, 0.6) is 0 Å². The van der Waals surface area contributed by atoms with Crippen LogP contribution in [0, 0.1) is 0 Å². The van der Waals surface area contributed by atoms with Crippen molar-refractivity contribution in [2.24, 2.45) is 0 Å². The lowest BCUT2D eigenvalue weighted by Crippen LogP contribution is -2.33. The van der Waals surface area contributed by atoms with E-state index in [0.29, 0.717) is 12.1 Å². The van der Waals surface area contributed by atoms with E-state index in [1.165, 1.54) is 25.7 Å². The first-order valence-corrected chi connectivity index (χ1v) is 7.20. The summed E-state index contributed by atoms with van der Waals surface area (Å²) >= 11 is 0. The molecule has 0 aromatic heterocycles. The number of unbranched alkanes of at least 4 members (excludes halogenated alkanes) is 3. The van der Waals surface area contributed by atoms with Crippen molar-refractivity contribution < 1.29 is 14.8 Å². The highest BCUT2D eigenvalue weighted by molar-refractivity contribution is 6.59. The summed E-state index contributed by atoms with van der Waals surface area (Å²) in [5, 5.41) is 18.5. The van der Waals surface area contributed by atoms with Gasteiger partial charge in [0.15, 0.2) is 0 Å². The van der Waals surface area contributed by atoms with Gasteiger partial charge in [0, 0.05) is 0 Å². The molecule has 0 aliphatic carbocycles. The van der Waals surface area contributed by atoms with Gasteiger partial charge < -0.3 is 14.8 Å². The Morgan fingerprint density at radius 1 is 1.16 bits per heavy atom. The third-order valence-electron chi connectivity index (χ3n) is 3.32. The van der Waals surface area contributed by atoms with E-state index in [-0.39, 0.29) is 6.10 Å². The van der Waals surface area contributed by atoms with Crippen molar-refractivity contribution in [3.05, 3.63) is 29.8 Å². The molecule has 2 N–H and O–H groups in total. The summed E-state index contributed by atoms with van der Waals surface area (Å²) in [4.78, 5) is 0. The van der Waals surface area contributed by atoms with E-state index in [4.69, 9.17) is 4.74 Å². The fourth-order valence-electron chi connectivity index (χ4n) is 2.09. The minimum Gasteiger partial charge on any atom is -0.423 e. The Balaban J connectivity index is 2.35. The predicted molar refractivity (Wildman–Crippen MR) is 79.3 cm³/mol. The third kappa shape index (κ3) is 6.23. The van der Waals surface area contributed by atoms with Crippen molar-refractivity contribution >= 4 is 12.6 Å². The van der Waals surface area contributed by atoms with Crippen molar-refractivity contribution in [2.45, 2.75) is 58.7 Å². The van der Waals surface area contributed by atoms with Crippen molar-refractivity contribution in [3.8, 4) is 0 Å². The minimum absolute atomic E-state index is 0.209. The maximum absolute atomic E-state index is 9.27. The van der Waals surface area contributed by atoms with Crippen LogP contribution in [0.25, 0.3) is 0 Å². The highest BCUT2D eigenvalue weighted by atomic mass is 16.5. The molecule has 4 heteroatoms. The van der Waals surface area contributed by atoms with Gasteiger partial charge in [-0.1, -0.05) is 56.9 Å². The van der Waals surface area contributed by atoms with Crippen molar-refractivity contribution in [1.82, 2.24) is 0 Å². The standard InChI is InChI=1S/C15H25BO3/c1-3-4-5-6-9-13(2)19-12-14-10-7-8-11-15(14)16(17)18/h7-8,10-11,13,17-18H,3-6,9,12H2,1-2H3. The maximum atomic E-state index is 9.27.